The Balaban J connectivity index is 0.000000207. The van der Waals surface area contributed by atoms with E-state index in [-0.39, 0.29) is 0 Å². The van der Waals surface area contributed by atoms with Gasteiger partial charge in [0.25, 0.3) is 0 Å². The van der Waals surface area contributed by atoms with Gasteiger partial charge in [-0.2, -0.15) is 30.7 Å². The Labute approximate surface area is 519 Å². The zero-order valence-electron chi connectivity index (χ0n) is 53.1. The molecule has 452 valence electrons. The van der Waals surface area contributed by atoms with E-state index in [9.17, 15) is 9.13 Å². The van der Waals surface area contributed by atoms with Gasteiger partial charge in [0.15, 0.2) is 0 Å². The van der Waals surface area contributed by atoms with Gasteiger partial charge in [-0.1, -0.05) is 73.4 Å². The first-order valence-electron chi connectivity index (χ1n) is 28.7. The highest BCUT2D eigenvalue weighted by Crippen LogP contribution is 2.44. The van der Waals surface area contributed by atoms with Crippen LogP contribution in [-0.2, 0) is 9.13 Å². The molecule has 88 heavy (non-hydrogen) atoms. The Kier molecular flexibility index (Phi) is 23.8. The largest absolute Gasteiger partial charge is 0.340 e. The molecule has 0 fully saturated rings. The third-order valence-corrected chi connectivity index (χ3v) is 15.0. The van der Waals surface area contributed by atoms with Crippen molar-refractivity contribution in [1.82, 2.24) is 29.9 Å². The SMILES string of the molecule is CCC.Cc1cc(C)c(N(CP(C)(C)=O)c2ccnc(Nc3ccc(C#N)cc3)n2)c(C)c1.Cc1cc(C)c(Nc2ccnc(N(CP(C)(C)=O)c3ccc(C#N)cc3)n2)c(C)c1.Cc1cc(C)c(Nc2ccnc(Nc3ccc(C#N)cc3)n2)c(C)c1. The summed E-state index contributed by atoms with van der Waals surface area (Å²) in [4.78, 5) is 30.8. The molecule has 0 aliphatic heterocycles. The van der Waals surface area contributed by atoms with E-state index in [1.807, 2.05) is 64.4 Å². The molecular weight excluding hydrogens is 1130 g/mol. The summed E-state index contributed by atoms with van der Waals surface area (Å²) in [5, 5.41) is 40.0. The van der Waals surface area contributed by atoms with E-state index in [0.717, 1.165) is 62.2 Å². The number of rotatable bonds is 16. The van der Waals surface area contributed by atoms with Gasteiger partial charge < -0.3 is 40.2 Å². The highest BCUT2D eigenvalue weighted by atomic mass is 31.2. The van der Waals surface area contributed by atoms with Gasteiger partial charge in [-0.15, -0.1) is 0 Å². The fraction of sp³-hybridized carbons (Fsp3) is 0.261. The topological polar surface area (TPSA) is 237 Å². The van der Waals surface area contributed by atoms with Crippen LogP contribution < -0.4 is 31.1 Å². The van der Waals surface area contributed by atoms with Crippen LogP contribution in [0.3, 0.4) is 0 Å². The number of hydrogen-bond donors (Lipinski definition) is 4. The summed E-state index contributed by atoms with van der Waals surface area (Å²) < 4.78 is 25.4. The average molecular weight is 1210 g/mol. The Hall–Kier alpha value is -9.71. The molecule has 0 aliphatic rings. The molecule has 3 heterocycles. The van der Waals surface area contributed by atoms with Crippen LogP contribution in [0, 0.1) is 96.3 Å². The van der Waals surface area contributed by atoms with Gasteiger partial charge in [-0.25, -0.2) is 15.0 Å². The van der Waals surface area contributed by atoms with E-state index in [1.165, 1.54) is 34.2 Å². The summed E-state index contributed by atoms with van der Waals surface area (Å²) in [6.45, 7) is 30.0. The third-order valence-electron chi connectivity index (χ3n) is 13.0. The summed E-state index contributed by atoms with van der Waals surface area (Å²) in [5.74, 6) is 3.46. The van der Waals surface area contributed by atoms with Crippen molar-refractivity contribution >= 4 is 83.7 Å². The van der Waals surface area contributed by atoms with Crippen molar-refractivity contribution in [2.24, 2.45) is 0 Å². The lowest BCUT2D eigenvalue weighted by molar-refractivity contribution is 0.581. The lowest BCUT2D eigenvalue weighted by Gasteiger charge is -2.29. The molecule has 0 aliphatic carbocycles. The minimum absolute atomic E-state index is 0.297. The molecule has 6 aromatic carbocycles. The predicted octanol–water partition coefficient (Wildman–Crippen LogP) is 17.6. The van der Waals surface area contributed by atoms with Gasteiger partial charge in [0, 0.05) is 52.7 Å². The van der Waals surface area contributed by atoms with Crippen molar-refractivity contribution < 1.29 is 9.13 Å². The lowest BCUT2D eigenvalue weighted by atomic mass is 10.0. The smallest absolute Gasteiger partial charge is 0.232 e. The molecule has 9 aromatic rings. The summed E-state index contributed by atoms with van der Waals surface area (Å²) in [6.07, 6.45) is 7.02. The Morgan fingerprint density at radius 1 is 0.432 bits per heavy atom. The Bertz CT molecular complexity index is 4020. The van der Waals surface area contributed by atoms with Crippen molar-refractivity contribution in [3.8, 4) is 18.2 Å². The van der Waals surface area contributed by atoms with Crippen molar-refractivity contribution in [3.05, 3.63) is 213 Å². The van der Waals surface area contributed by atoms with Gasteiger partial charge >= 0.3 is 0 Å². The molecule has 0 atom stereocenters. The molecule has 3 aromatic heterocycles. The summed E-state index contributed by atoms with van der Waals surface area (Å²) >= 11 is 0. The van der Waals surface area contributed by atoms with Crippen molar-refractivity contribution in [2.45, 2.75) is 82.6 Å². The van der Waals surface area contributed by atoms with Crippen LogP contribution in [0.15, 0.2) is 146 Å². The molecule has 0 saturated heterocycles. The average Bonchev–Trinajstić information content (AvgIpc) is 1.46. The third kappa shape index (κ3) is 20.2. The summed E-state index contributed by atoms with van der Waals surface area (Å²) in [7, 11) is -4.79. The van der Waals surface area contributed by atoms with Crippen LogP contribution in [0.25, 0.3) is 0 Å². The number of benzene rings is 6. The molecular formula is C69H79N15O2P2. The van der Waals surface area contributed by atoms with E-state index < -0.39 is 14.3 Å². The van der Waals surface area contributed by atoms with Gasteiger partial charge in [0.2, 0.25) is 17.8 Å². The maximum Gasteiger partial charge on any atom is 0.232 e. The molecule has 19 heteroatoms. The molecule has 17 nitrogen and oxygen atoms in total. The van der Waals surface area contributed by atoms with Crippen LogP contribution in [0.5, 0.6) is 0 Å². The van der Waals surface area contributed by atoms with Crippen molar-refractivity contribution in [2.75, 3.05) is 70.3 Å². The van der Waals surface area contributed by atoms with Gasteiger partial charge in [0.1, 0.15) is 31.7 Å². The zero-order chi connectivity index (χ0) is 64.3. The van der Waals surface area contributed by atoms with Crippen LogP contribution in [0.4, 0.5) is 69.4 Å². The second-order valence-corrected chi connectivity index (χ2v) is 29.4. The molecule has 0 saturated carbocycles. The second kappa shape index (κ2) is 31.1. The van der Waals surface area contributed by atoms with E-state index in [4.69, 9.17) is 25.8 Å². The highest BCUT2D eigenvalue weighted by molar-refractivity contribution is 7.62. The number of hydrogen-bond acceptors (Lipinski definition) is 17. The molecule has 0 amide bonds. The van der Waals surface area contributed by atoms with Crippen LogP contribution in [0.2, 0.25) is 0 Å². The van der Waals surface area contributed by atoms with Crippen LogP contribution in [-0.4, -0.2) is 69.1 Å². The van der Waals surface area contributed by atoms with Gasteiger partial charge in [0.05, 0.1) is 47.5 Å². The van der Waals surface area contributed by atoms with Crippen LogP contribution in [0.1, 0.15) is 87.0 Å². The van der Waals surface area contributed by atoms with E-state index >= 15 is 0 Å². The molecule has 9 rings (SSSR count). The van der Waals surface area contributed by atoms with E-state index in [1.54, 1.807) is 81.6 Å². The standard InChI is InChI=1S/2C23H26N5OP.C20H19N5.C3H8/c1-16-12-17(2)22(18(3)13-16)26-21-10-11-25-23(27-21)28(15-30(4,5)29)20-8-6-19(14-24)7-9-20;1-16-12-17(2)22(18(3)13-16)28(15-30(4,5)29)21-10-11-25-23(27-21)26-20-8-6-19(14-24)7-9-20;1-13-10-14(2)19(15(3)11-13)24-18-8-9-22-20(25-18)23-17-6-4-16(12-21)5-7-17;1-3-2/h2*6-13H,15H2,1-5H3,(H,25,26,27);4-11H,1-3H3,(H2,22,23,24,25);3H2,1-2H3. The Morgan fingerprint density at radius 2 is 0.784 bits per heavy atom. The van der Waals surface area contributed by atoms with Crippen molar-refractivity contribution in [1.29, 1.82) is 15.8 Å². The lowest BCUT2D eigenvalue weighted by Crippen LogP contribution is -2.22. The zero-order valence-corrected chi connectivity index (χ0v) is 54.9. The molecule has 0 spiro atoms. The maximum absolute atomic E-state index is 12.8. The monoisotopic (exact) mass is 1210 g/mol. The fourth-order valence-corrected chi connectivity index (χ4v) is 11.6. The van der Waals surface area contributed by atoms with E-state index in [2.05, 4.69) is 172 Å². The first kappa shape index (κ1) is 67.4. The normalized spacial score (nSPS) is 10.6. The van der Waals surface area contributed by atoms with E-state index in [0.29, 0.717) is 58.7 Å². The summed E-state index contributed by atoms with van der Waals surface area (Å²) in [5.41, 5.74) is 17.8. The van der Waals surface area contributed by atoms with Gasteiger partial charge in [-0.05, 0) is 213 Å². The fourth-order valence-electron chi connectivity index (χ4n) is 9.63. The quantitative estimate of drug-likeness (QED) is 0.0658. The van der Waals surface area contributed by atoms with Crippen LogP contribution >= 0.6 is 14.3 Å². The molecule has 4 N–H and O–H groups in total. The first-order chi connectivity index (χ1) is 41.8. The minimum atomic E-state index is -2.41. The number of nitriles is 3. The van der Waals surface area contributed by atoms with Gasteiger partial charge in [-0.3, -0.25) is 0 Å². The number of nitrogens with one attached hydrogen (secondary N) is 4. The first-order valence-corrected chi connectivity index (χ1v) is 34.3. The second-order valence-electron chi connectivity index (χ2n) is 22.6. The molecule has 0 radical (unpaired) electrons. The molecule has 0 unspecified atom stereocenters. The van der Waals surface area contributed by atoms with Crippen molar-refractivity contribution in [3.63, 3.8) is 0 Å². The Morgan fingerprint density at radius 3 is 1.19 bits per heavy atom. The molecule has 0 bridgehead atoms. The minimum Gasteiger partial charge on any atom is -0.340 e. The maximum atomic E-state index is 12.8. The number of aryl methyl sites for hydroxylation is 9. The predicted molar refractivity (Wildman–Crippen MR) is 364 cm³/mol. The number of anilines is 12. The summed E-state index contributed by atoms with van der Waals surface area (Å²) in [6, 6.07) is 46.0. The number of aromatic nitrogens is 6. The highest BCUT2D eigenvalue weighted by Gasteiger charge is 2.23. The number of nitrogens with zero attached hydrogens (tertiary/aromatic N) is 11.